The van der Waals surface area contributed by atoms with Gasteiger partial charge in [0.25, 0.3) is 0 Å². The molecule has 4 heteroatoms. The minimum Gasteiger partial charge on any atom is -0.481 e. The number of rotatable bonds is 5. The van der Waals surface area contributed by atoms with Crippen LogP contribution in [0.25, 0.3) is 0 Å². The number of hydrogen-bond acceptors (Lipinski definition) is 2. The third kappa shape index (κ3) is 4.00. The molecule has 104 valence electrons. The van der Waals surface area contributed by atoms with Gasteiger partial charge in [-0.3, -0.25) is 9.59 Å². The van der Waals surface area contributed by atoms with E-state index < -0.39 is 11.4 Å². The van der Waals surface area contributed by atoms with Gasteiger partial charge in [0, 0.05) is 19.0 Å². The molecular weight excluding hydrogens is 230 g/mol. The number of carboxylic acids is 1. The molecular formula is C14H25NO3. The lowest BCUT2D eigenvalue weighted by Crippen LogP contribution is -2.40. The van der Waals surface area contributed by atoms with Crippen molar-refractivity contribution in [1.29, 1.82) is 0 Å². The smallest absolute Gasteiger partial charge is 0.303 e. The van der Waals surface area contributed by atoms with E-state index in [-0.39, 0.29) is 12.3 Å². The molecule has 0 aromatic heterocycles. The van der Waals surface area contributed by atoms with E-state index in [9.17, 15) is 9.59 Å². The van der Waals surface area contributed by atoms with Gasteiger partial charge in [0.15, 0.2) is 0 Å². The molecule has 0 spiro atoms. The summed E-state index contributed by atoms with van der Waals surface area (Å²) in [5.74, 6) is -0.258. The SMILES string of the molecule is CC(C)C1CCCN1C(=O)CC(C)(C)CC(=O)O. The fourth-order valence-corrected chi connectivity index (χ4v) is 2.78. The van der Waals surface area contributed by atoms with Gasteiger partial charge in [-0.25, -0.2) is 0 Å². The lowest BCUT2D eigenvalue weighted by Gasteiger charge is -2.31. The van der Waals surface area contributed by atoms with Gasteiger partial charge in [-0.1, -0.05) is 27.7 Å². The van der Waals surface area contributed by atoms with E-state index in [4.69, 9.17) is 5.11 Å². The van der Waals surface area contributed by atoms with Crippen LogP contribution in [0, 0.1) is 11.3 Å². The van der Waals surface area contributed by atoms with E-state index >= 15 is 0 Å². The molecule has 0 bridgehead atoms. The van der Waals surface area contributed by atoms with Crippen LogP contribution in [0.4, 0.5) is 0 Å². The van der Waals surface area contributed by atoms with E-state index in [0.29, 0.717) is 18.4 Å². The highest BCUT2D eigenvalue weighted by atomic mass is 16.4. The first kappa shape index (κ1) is 15.0. The molecule has 1 heterocycles. The van der Waals surface area contributed by atoms with Gasteiger partial charge < -0.3 is 10.0 Å². The molecule has 0 saturated carbocycles. The van der Waals surface area contributed by atoms with Gasteiger partial charge in [-0.05, 0) is 24.2 Å². The molecule has 1 N–H and O–H groups in total. The average molecular weight is 255 g/mol. The first-order valence-corrected chi connectivity index (χ1v) is 6.74. The molecule has 1 rings (SSSR count). The summed E-state index contributed by atoms with van der Waals surface area (Å²) in [7, 11) is 0. The molecule has 0 aromatic rings. The zero-order valence-electron chi connectivity index (χ0n) is 11.9. The Morgan fingerprint density at radius 3 is 2.44 bits per heavy atom. The molecule has 1 atom stereocenters. The van der Waals surface area contributed by atoms with Crippen LogP contribution in [0.5, 0.6) is 0 Å². The van der Waals surface area contributed by atoms with E-state index in [2.05, 4.69) is 13.8 Å². The first-order valence-electron chi connectivity index (χ1n) is 6.74. The Morgan fingerprint density at radius 1 is 1.33 bits per heavy atom. The van der Waals surface area contributed by atoms with Crippen molar-refractivity contribution in [3.63, 3.8) is 0 Å². The second-order valence-electron chi connectivity index (χ2n) is 6.45. The van der Waals surface area contributed by atoms with Crippen molar-refractivity contribution in [3.8, 4) is 0 Å². The highest BCUT2D eigenvalue weighted by Crippen LogP contribution is 2.30. The molecule has 1 fully saturated rings. The Labute approximate surface area is 109 Å². The zero-order valence-corrected chi connectivity index (χ0v) is 11.9. The van der Waals surface area contributed by atoms with Crippen molar-refractivity contribution < 1.29 is 14.7 Å². The number of carbonyl (C=O) groups is 2. The van der Waals surface area contributed by atoms with Crippen molar-refractivity contribution >= 4 is 11.9 Å². The monoisotopic (exact) mass is 255 g/mol. The molecule has 1 unspecified atom stereocenters. The van der Waals surface area contributed by atoms with Crippen LogP contribution < -0.4 is 0 Å². The number of nitrogens with zero attached hydrogens (tertiary/aromatic N) is 1. The summed E-state index contributed by atoms with van der Waals surface area (Å²) in [4.78, 5) is 25.0. The topological polar surface area (TPSA) is 57.6 Å². The second kappa shape index (κ2) is 5.72. The maximum Gasteiger partial charge on any atom is 0.303 e. The number of amides is 1. The minimum absolute atomic E-state index is 0.0406. The molecule has 1 saturated heterocycles. The number of carboxylic acid groups (broad SMARTS) is 1. The lowest BCUT2D eigenvalue weighted by atomic mass is 9.85. The number of carbonyl (C=O) groups excluding carboxylic acids is 1. The number of hydrogen-bond donors (Lipinski definition) is 1. The fourth-order valence-electron chi connectivity index (χ4n) is 2.78. The number of likely N-dealkylation sites (tertiary alicyclic amines) is 1. The summed E-state index contributed by atoms with van der Waals surface area (Å²) in [5, 5.41) is 8.84. The maximum absolute atomic E-state index is 12.3. The van der Waals surface area contributed by atoms with E-state index in [1.165, 1.54) is 0 Å². The highest BCUT2D eigenvalue weighted by Gasteiger charge is 2.34. The normalized spacial score (nSPS) is 20.5. The van der Waals surface area contributed by atoms with Crippen molar-refractivity contribution in [2.45, 2.75) is 59.4 Å². The Morgan fingerprint density at radius 2 is 1.94 bits per heavy atom. The second-order valence-corrected chi connectivity index (χ2v) is 6.45. The first-order chi connectivity index (χ1) is 8.23. The summed E-state index contributed by atoms with van der Waals surface area (Å²) in [5.41, 5.74) is -0.465. The maximum atomic E-state index is 12.3. The largest absolute Gasteiger partial charge is 0.481 e. The van der Waals surface area contributed by atoms with Gasteiger partial charge >= 0.3 is 5.97 Å². The summed E-state index contributed by atoms with van der Waals surface area (Å²) < 4.78 is 0. The number of aliphatic carboxylic acids is 1. The Bertz CT molecular complexity index is 323. The molecule has 0 aromatic carbocycles. The molecule has 1 aliphatic heterocycles. The fraction of sp³-hybridized carbons (Fsp3) is 0.857. The van der Waals surface area contributed by atoms with Crippen LogP contribution in [-0.4, -0.2) is 34.5 Å². The van der Waals surface area contributed by atoms with Crippen LogP contribution >= 0.6 is 0 Å². The van der Waals surface area contributed by atoms with Crippen molar-refractivity contribution in [3.05, 3.63) is 0 Å². The zero-order chi connectivity index (χ0) is 13.9. The molecule has 1 amide bonds. The predicted octanol–water partition coefficient (Wildman–Crippen LogP) is 2.52. The van der Waals surface area contributed by atoms with Crippen LogP contribution in [-0.2, 0) is 9.59 Å². The van der Waals surface area contributed by atoms with Gasteiger partial charge in [0.2, 0.25) is 5.91 Å². The third-order valence-corrected chi connectivity index (χ3v) is 3.65. The van der Waals surface area contributed by atoms with Gasteiger partial charge in [-0.15, -0.1) is 0 Å². The van der Waals surface area contributed by atoms with E-state index in [0.717, 1.165) is 19.4 Å². The van der Waals surface area contributed by atoms with Crippen LogP contribution in [0.1, 0.15) is 53.4 Å². The predicted molar refractivity (Wildman–Crippen MR) is 70.2 cm³/mol. The summed E-state index contributed by atoms with van der Waals surface area (Å²) in [6.45, 7) is 8.79. The van der Waals surface area contributed by atoms with Gasteiger partial charge in [-0.2, -0.15) is 0 Å². The Hall–Kier alpha value is -1.06. The van der Waals surface area contributed by atoms with Crippen molar-refractivity contribution in [1.82, 2.24) is 4.90 Å². The summed E-state index contributed by atoms with van der Waals surface area (Å²) in [6.07, 6.45) is 2.50. The van der Waals surface area contributed by atoms with Crippen molar-refractivity contribution in [2.75, 3.05) is 6.54 Å². The molecule has 0 radical (unpaired) electrons. The Balaban J connectivity index is 2.62. The summed E-state index contributed by atoms with van der Waals surface area (Å²) in [6, 6.07) is 0.332. The van der Waals surface area contributed by atoms with Gasteiger partial charge in [0.1, 0.15) is 0 Å². The quantitative estimate of drug-likeness (QED) is 0.821. The van der Waals surface area contributed by atoms with Crippen LogP contribution in [0.2, 0.25) is 0 Å². The minimum atomic E-state index is -0.838. The lowest BCUT2D eigenvalue weighted by molar-refractivity contribution is -0.141. The van der Waals surface area contributed by atoms with E-state index in [1.807, 2.05) is 18.7 Å². The van der Waals surface area contributed by atoms with Crippen LogP contribution in [0.3, 0.4) is 0 Å². The highest BCUT2D eigenvalue weighted by molar-refractivity contribution is 5.78. The third-order valence-electron chi connectivity index (χ3n) is 3.65. The van der Waals surface area contributed by atoms with E-state index in [1.54, 1.807) is 0 Å². The summed E-state index contributed by atoms with van der Waals surface area (Å²) >= 11 is 0. The molecule has 0 aliphatic carbocycles. The van der Waals surface area contributed by atoms with Crippen molar-refractivity contribution in [2.24, 2.45) is 11.3 Å². The Kier molecular flexibility index (Phi) is 4.77. The average Bonchev–Trinajstić information content (AvgIpc) is 2.61. The van der Waals surface area contributed by atoms with Gasteiger partial charge in [0.05, 0.1) is 6.42 Å². The molecule has 18 heavy (non-hydrogen) atoms. The van der Waals surface area contributed by atoms with Crippen LogP contribution in [0.15, 0.2) is 0 Å². The molecule has 4 nitrogen and oxygen atoms in total. The standard InChI is InChI=1S/C14H25NO3/c1-10(2)11-6-5-7-15(11)12(16)8-14(3,4)9-13(17)18/h10-11H,5-9H2,1-4H3,(H,17,18). The molecule has 1 aliphatic rings.